The first-order valence-corrected chi connectivity index (χ1v) is 7.03. The van der Waals surface area contributed by atoms with Crippen molar-refractivity contribution in [2.24, 2.45) is 5.41 Å². The van der Waals surface area contributed by atoms with Crippen LogP contribution in [0.2, 0.25) is 0 Å². The van der Waals surface area contributed by atoms with Crippen LogP contribution in [-0.2, 0) is 12.0 Å². The molecule has 2 amide bonds. The number of carbonyl (C=O) groups excluding carboxylic acids is 1. The fraction of sp³-hybridized carbons (Fsp3) is 0.786. The van der Waals surface area contributed by atoms with Crippen LogP contribution < -0.4 is 10.6 Å². The number of aliphatic hydroxyl groups is 1. The van der Waals surface area contributed by atoms with Crippen molar-refractivity contribution in [3.05, 3.63) is 11.7 Å². The van der Waals surface area contributed by atoms with Crippen LogP contribution in [0.4, 0.5) is 4.79 Å². The number of nitrogens with one attached hydrogen (secondary N) is 2. The van der Waals surface area contributed by atoms with E-state index in [0.29, 0.717) is 11.7 Å². The molecule has 0 radical (unpaired) electrons. The monoisotopic (exact) mass is 298 g/mol. The van der Waals surface area contributed by atoms with Gasteiger partial charge in [0, 0.05) is 12.0 Å². The van der Waals surface area contributed by atoms with Gasteiger partial charge >= 0.3 is 6.03 Å². The van der Waals surface area contributed by atoms with Gasteiger partial charge in [-0.05, 0) is 5.41 Å². The second-order valence-corrected chi connectivity index (χ2v) is 7.21. The highest BCUT2D eigenvalue weighted by atomic mass is 16.5. The molecule has 0 aliphatic heterocycles. The summed E-state index contributed by atoms with van der Waals surface area (Å²) in [7, 11) is 0. The van der Waals surface area contributed by atoms with E-state index in [1.807, 2.05) is 41.5 Å². The molecule has 0 aromatic carbocycles. The molecular formula is C14H26N4O3. The van der Waals surface area contributed by atoms with E-state index in [9.17, 15) is 9.90 Å². The molecule has 1 aromatic heterocycles. The van der Waals surface area contributed by atoms with Crippen LogP contribution in [0.1, 0.15) is 53.3 Å². The lowest BCUT2D eigenvalue weighted by molar-refractivity contribution is 0.0650. The number of nitrogens with zero attached hydrogens (tertiary/aromatic N) is 2. The number of urea groups is 1. The lowest BCUT2D eigenvalue weighted by Crippen LogP contribution is -2.43. The number of carbonyl (C=O) groups is 1. The van der Waals surface area contributed by atoms with E-state index in [1.54, 1.807) is 0 Å². The number of rotatable bonds is 4. The second kappa shape index (κ2) is 6.43. The Bertz CT molecular complexity index is 471. The topological polar surface area (TPSA) is 100 Å². The molecule has 3 N–H and O–H groups in total. The molecule has 1 unspecified atom stereocenters. The Morgan fingerprint density at radius 1 is 1.24 bits per heavy atom. The Hall–Kier alpha value is -1.63. The molecule has 1 atom stereocenters. The molecule has 1 rings (SSSR count). The summed E-state index contributed by atoms with van der Waals surface area (Å²) >= 11 is 0. The van der Waals surface area contributed by atoms with Crippen LogP contribution in [0.5, 0.6) is 0 Å². The van der Waals surface area contributed by atoms with Gasteiger partial charge in [0.25, 0.3) is 0 Å². The van der Waals surface area contributed by atoms with E-state index in [1.165, 1.54) is 0 Å². The molecule has 0 aliphatic carbocycles. The predicted molar refractivity (Wildman–Crippen MR) is 78.7 cm³/mol. The first-order valence-electron chi connectivity index (χ1n) is 7.03. The first-order chi connectivity index (χ1) is 9.50. The zero-order valence-corrected chi connectivity index (χ0v) is 13.6. The van der Waals surface area contributed by atoms with E-state index < -0.39 is 6.10 Å². The maximum absolute atomic E-state index is 11.6. The molecule has 0 fully saturated rings. The van der Waals surface area contributed by atoms with E-state index in [4.69, 9.17) is 4.52 Å². The maximum Gasteiger partial charge on any atom is 0.315 e. The van der Waals surface area contributed by atoms with Crippen LogP contribution >= 0.6 is 0 Å². The van der Waals surface area contributed by atoms with Crippen molar-refractivity contribution in [3.63, 3.8) is 0 Å². The minimum Gasteiger partial charge on any atom is -0.391 e. The van der Waals surface area contributed by atoms with E-state index in [-0.39, 0.29) is 30.0 Å². The van der Waals surface area contributed by atoms with Gasteiger partial charge in [0.05, 0.1) is 12.6 Å². The SMILES string of the molecule is CC(C)(C)c1nc(CNC(=O)NCC(O)C(C)(C)C)no1. The summed E-state index contributed by atoms with van der Waals surface area (Å²) in [4.78, 5) is 15.9. The Labute approximate surface area is 125 Å². The number of hydrogen-bond acceptors (Lipinski definition) is 5. The van der Waals surface area contributed by atoms with Crippen LogP contribution in [0.3, 0.4) is 0 Å². The fourth-order valence-corrected chi connectivity index (χ4v) is 1.35. The number of amides is 2. The number of aliphatic hydroxyl groups excluding tert-OH is 1. The minimum absolute atomic E-state index is 0.178. The second-order valence-electron chi connectivity index (χ2n) is 7.21. The van der Waals surface area contributed by atoms with Crippen LogP contribution in [-0.4, -0.2) is 33.9 Å². The molecule has 1 aromatic rings. The standard InChI is InChI=1S/C14H26N4O3/c1-13(2,3)9(19)7-15-12(20)16-8-10-17-11(21-18-10)14(4,5)6/h9,19H,7-8H2,1-6H3,(H2,15,16,20). The molecule has 7 heteroatoms. The van der Waals surface area contributed by atoms with Gasteiger partial charge in [-0.3, -0.25) is 0 Å². The van der Waals surface area contributed by atoms with Crippen molar-refractivity contribution in [1.29, 1.82) is 0 Å². The van der Waals surface area contributed by atoms with Crippen LogP contribution in [0.25, 0.3) is 0 Å². The van der Waals surface area contributed by atoms with Gasteiger partial charge in [0.15, 0.2) is 5.82 Å². The summed E-state index contributed by atoms with van der Waals surface area (Å²) in [5.74, 6) is 0.953. The van der Waals surface area contributed by atoms with Crippen molar-refractivity contribution in [2.75, 3.05) is 6.54 Å². The summed E-state index contributed by atoms with van der Waals surface area (Å²) < 4.78 is 5.13. The lowest BCUT2D eigenvalue weighted by Gasteiger charge is -2.25. The Morgan fingerprint density at radius 3 is 2.33 bits per heavy atom. The van der Waals surface area contributed by atoms with E-state index in [0.717, 1.165) is 0 Å². The van der Waals surface area contributed by atoms with Crippen LogP contribution in [0, 0.1) is 5.41 Å². The number of hydrogen-bond donors (Lipinski definition) is 3. The molecule has 0 saturated carbocycles. The largest absolute Gasteiger partial charge is 0.391 e. The molecule has 7 nitrogen and oxygen atoms in total. The summed E-state index contributed by atoms with van der Waals surface area (Å²) in [6.07, 6.45) is -0.610. The zero-order valence-electron chi connectivity index (χ0n) is 13.6. The van der Waals surface area contributed by atoms with E-state index in [2.05, 4.69) is 20.8 Å². The van der Waals surface area contributed by atoms with E-state index >= 15 is 0 Å². The third-order valence-electron chi connectivity index (χ3n) is 2.97. The highest BCUT2D eigenvalue weighted by molar-refractivity contribution is 5.73. The highest BCUT2D eigenvalue weighted by Crippen LogP contribution is 2.19. The van der Waals surface area contributed by atoms with Crippen LogP contribution in [0.15, 0.2) is 4.52 Å². The predicted octanol–water partition coefficient (Wildman–Crippen LogP) is 1.57. The molecule has 21 heavy (non-hydrogen) atoms. The van der Waals surface area contributed by atoms with Gasteiger partial charge in [-0.15, -0.1) is 0 Å². The van der Waals surface area contributed by atoms with Gasteiger partial charge in [0.2, 0.25) is 5.89 Å². The highest BCUT2D eigenvalue weighted by Gasteiger charge is 2.23. The first kappa shape index (κ1) is 17.4. The van der Waals surface area contributed by atoms with Gasteiger partial charge in [-0.2, -0.15) is 4.98 Å². The van der Waals surface area contributed by atoms with Crippen molar-refractivity contribution in [3.8, 4) is 0 Å². The van der Waals surface area contributed by atoms with Crippen molar-refractivity contribution in [2.45, 2.75) is 59.6 Å². The number of aromatic nitrogens is 2. The smallest absolute Gasteiger partial charge is 0.315 e. The normalized spacial score (nSPS) is 13.9. The molecule has 0 aliphatic rings. The Kier molecular flexibility index (Phi) is 5.33. The summed E-state index contributed by atoms with van der Waals surface area (Å²) in [6, 6.07) is -0.375. The Balaban J connectivity index is 2.39. The molecular weight excluding hydrogens is 272 g/mol. The quantitative estimate of drug-likeness (QED) is 0.783. The molecule has 0 spiro atoms. The Morgan fingerprint density at radius 2 is 1.86 bits per heavy atom. The molecule has 0 saturated heterocycles. The average Bonchev–Trinajstić information content (AvgIpc) is 2.80. The van der Waals surface area contributed by atoms with Gasteiger partial charge < -0.3 is 20.3 Å². The zero-order chi connectivity index (χ0) is 16.3. The molecule has 1 heterocycles. The summed E-state index contributed by atoms with van der Waals surface area (Å²) in [5, 5.41) is 18.9. The van der Waals surface area contributed by atoms with Crippen molar-refractivity contribution >= 4 is 6.03 Å². The third kappa shape index (κ3) is 5.71. The summed E-state index contributed by atoms with van der Waals surface area (Å²) in [6.45, 7) is 12.0. The molecule has 120 valence electrons. The summed E-state index contributed by atoms with van der Waals surface area (Å²) in [5.41, 5.74) is -0.493. The van der Waals surface area contributed by atoms with Crippen molar-refractivity contribution in [1.82, 2.24) is 20.8 Å². The lowest BCUT2D eigenvalue weighted by atomic mass is 9.89. The fourth-order valence-electron chi connectivity index (χ4n) is 1.35. The molecule has 0 bridgehead atoms. The van der Waals surface area contributed by atoms with Crippen molar-refractivity contribution < 1.29 is 14.4 Å². The maximum atomic E-state index is 11.6. The minimum atomic E-state index is -0.610. The van der Waals surface area contributed by atoms with Gasteiger partial charge in [-0.25, -0.2) is 4.79 Å². The van der Waals surface area contributed by atoms with Gasteiger partial charge in [-0.1, -0.05) is 46.7 Å². The third-order valence-corrected chi connectivity index (χ3v) is 2.97. The average molecular weight is 298 g/mol. The van der Waals surface area contributed by atoms with Gasteiger partial charge in [0.1, 0.15) is 0 Å².